The van der Waals surface area contributed by atoms with Gasteiger partial charge in [-0.05, 0) is 23.5 Å². The van der Waals surface area contributed by atoms with E-state index in [9.17, 15) is 4.79 Å². The Morgan fingerprint density at radius 1 is 1.22 bits per heavy atom. The van der Waals surface area contributed by atoms with Crippen molar-refractivity contribution in [1.82, 2.24) is 5.32 Å². The molecule has 2 atom stereocenters. The van der Waals surface area contributed by atoms with E-state index in [1.807, 2.05) is 0 Å². The first-order chi connectivity index (χ1) is 7.84. The third kappa shape index (κ3) is 3.35. The first kappa shape index (κ1) is 15.7. The number of hydrogen-bond donors (Lipinski definition) is 1. The van der Waals surface area contributed by atoms with Gasteiger partial charge >= 0.3 is 0 Å². The first-order valence-corrected chi connectivity index (χ1v) is 9.72. The van der Waals surface area contributed by atoms with Gasteiger partial charge in [-0.3, -0.25) is 4.79 Å². The van der Waals surface area contributed by atoms with E-state index in [0.29, 0.717) is 6.42 Å². The summed E-state index contributed by atoms with van der Waals surface area (Å²) in [6.45, 7) is 17.9. The minimum Gasteiger partial charge on any atom is -0.411 e. The zero-order valence-electron chi connectivity index (χ0n) is 13.2. The topological polar surface area (TPSA) is 38.3 Å². The van der Waals surface area contributed by atoms with Crippen molar-refractivity contribution in [3.8, 4) is 0 Å². The quantitative estimate of drug-likeness (QED) is 0.632. The highest BCUT2D eigenvalue weighted by atomic mass is 28.4. The van der Waals surface area contributed by atoms with Crippen LogP contribution in [-0.4, -0.2) is 26.4 Å². The van der Waals surface area contributed by atoms with Crippen molar-refractivity contribution in [2.75, 3.05) is 0 Å². The molecule has 1 amide bonds. The molecular formula is C14H29NO2Si. The van der Waals surface area contributed by atoms with Crippen molar-refractivity contribution in [2.24, 2.45) is 5.41 Å². The van der Waals surface area contributed by atoms with Crippen LogP contribution in [0.25, 0.3) is 0 Å². The fourth-order valence-corrected chi connectivity index (χ4v) is 3.43. The van der Waals surface area contributed by atoms with Crippen molar-refractivity contribution < 1.29 is 9.22 Å². The van der Waals surface area contributed by atoms with Gasteiger partial charge in [0.1, 0.15) is 0 Å². The molecule has 0 spiro atoms. The average Bonchev–Trinajstić information content (AvgIpc) is 2.05. The van der Waals surface area contributed by atoms with Gasteiger partial charge in [-0.1, -0.05) is 41.5 Å². The van der Waals surface area contributed by atoms with Crippen molar-refractivity contribution >= 4 is 14.2 Å². The smallest absolute Gasteiger partial charge is 0.222 e. The molecule has 0 aromatic heterocycles. The van der Waals surface area contributed by atoms with Crippen molar-refractivity contribution in [2.45, 2.75) is 78.2 Å². The minimum absolute atomic E-state index is 0.0495. The van der Waals surface area contributed by atoms with Crippen LogP contribution in [0.2, 0.25) is 18.1 Å². The Balaban J connectivity index is 2.83. The third-order valence-electron chi connectivity index (χ3n) is 4.20. The number of carbonyl (C=O) groups is 1. The Morgan fingerprint density at radius 3 is 1.94 bits per heavy atom. The molecule has 1 rings (SSSR count). The first-order valence-electron chi connectivity index (χ1n) is 6.82. The van der Waals surface area contributed by atoms with Crippen LogP contribution in [0.15, 0.2) is 0 Å². The fraction of sp³-hybridized carbons (Fsp3) is 0.929. The summed E-state index contributed by atoms with van der Waals surface area (Å²) in [7, 11) is -1.80. The fourth-order valence-electron chi connectivity index (χ4n) is 1.92. The molecule has 0 bridgehead atoms. The van der Waals surface area contributed by atoms with Crippen LogP contribution in [0.1, 0.15) is 48.0 Å². The zero-order valence-corrected chi connectivity index (χ0v) is 14.2. The largest absolute Gasteiger partial charge is 0.411 e. The van der Waals surface area contributed by atoms with E-state index in [1.54, 1.807) is 0 Å². The molecule has 1 N–H and O–H groups in total. The molecule has 0 aliphatic carbocycles. The van der Waals surface area contributed by atoms with Crippen molar-refractivity contribution in [1.29, 1.82) is 0 Å². The predicted octanol–water partition coefficient (Wildman–Crippen LogP) is 3.31. The maximum atomic E-state index is 11.1. The Morgan fingerprint density at radius 2 is 1.67 bits per heavy atom. The molecule has 1 heterocycles. The van der Waals surface area contributed by atoms with Crippen LogP contribution < -0.4 is 5.32 Å². The summed E-state index contributed by atoms with van der Waals surface area (Å²) < 4.78 is 6.54. The molecule has 3 nitrogen and oxygen atoms in total. The van der Waals surface area contributed by atoms with E-state index >= 15 is 0 Å². The predicted molar refractivity (Wildman–Crippen MR) is 78.1 cm³/mol. The molecule has 1 aliphatic heterocycles. The normalized spacial score (nSPS) is 23.3. The third-order valence-corrected chi connectivity index (χ3v) is 8.65. The van der Waals surface area contributed by atoms with Crippen LogP contribution in [0.4, 0.5) is 0 Å². The summed E-state index contributed by atoms with van der Waals surface area (Å²) in [4.78, 5) is 11.1. The van der Waals surface area contributed by atoms with E-state index in [2.05, 4.69) is 60.0 Å². The standard InChI is InChI=1S/C14H29NO2Si/c1-13(2,3)12(10-9-11(16)15-10)17-18(7,8)14(4,5)6/h10,12H,9H2,1-8H3,(H,15,16)/t10-,12-/m1/s1. The SMILES string of the molecule is CC(C)(C)[C@H](O[Si](C)(C)C(C)(C)C)[C@H]1CC(=O)N1. The lowest BCUT2D eigenvalue weighted by Crippen LogP contribution is -2.62. The van der Waals surface area contributed by atoms with Gasteiger partial charge in [0, 0.05) is 6.42 Å². The molecule has 0 aromatic carbocycles. The summed E-state index contributed by atoms with van der Waals surface area (Å²) in [5.41, 5.74) is 0.0495. The van der Waals surface area contributed by atoms with Gasteiger partial charge in [0.2, 0.25) is 5.91 Å². The zero-order chi connectivity index (χ0) is 14.4. The van der Waals surface area contributed by atoms with Crippen LogP contribution in [0.3, 0.4) is 0 Å². The van der Waals surface area contributed by atoms with E-state index in [0.717, 1.165) is 0 Å². The molecule has 0 radical (unpaired) electrons. The molecule has 1 fully saturated rings. The van der Waals surface area contributed by atoms with Gasteiger partial charge < -0.3 is 9.74 Å². The molecular weight excluding hydrogens is 242 g/mol. The van der Waals surface area contributed by atoms with Crippen LogP contribution >= 0.6 is 0 Å². The van der Waals surface area contributed by atoms with Crippen molar-refractivity contribution in [3.63, 3.8) is 0 Å². The number of amides is 1. The number of nitrogens with one attached hydrogen (secondary N) is 1. The second kappa shape index (κ2) is 4.64. The molecule has 1 saturated heterocycles. The molecule has 0 saturated carbocycles. The summed E-state index contributed by atoms with van der Waals surface area (Å²) >= 11 is 0. The van der Waals surface area contributed by atoms with Crippen LogP contribution in [0, 0.1) is 5.41 Å². The molecule has 0 unspecified atom stereocenters. The maximum Gasteiger partial charge on any atom is 0.222 e. The Hall–Kier alpha value is -0.353. The second-order valence-electron chi connectivity index (χ2n) is 8.04. The summed E-state index contributed by atoms with van der Waals surface area (Å²) in [6.07, 6.45) is 0.715. The highest BCUT2D eigenvalue weighted by Gasteiger charge is 2.46. The molecule has 18 heavy (non-hydrogen) atoms. The highest BCUT2D eigenvalue weighted by molar-refractivity contribution is 6.74. The van der Waals surface area contributed by atoms with Crippen LogP contribution in [0.5, 0.6) is 0 Å². The molecule has 1 aliphatic rings. The summed E-state index contributed by atoms with van der Waals surface area (Å²) in [6, 6.07) is 0.187. The monoisotopic (exact) mass is 271 g/mol. The van der Waals surface area contributed by atoms with Crippen molar-refractivity contribution in [3.05, 3.63) is 0 Å². The van der Waals surface area contributed by atoms with Gasteiger partial charge in [-0.15, -0.1) is 0 Å². The van der Waals surface area contributed by atoms with E-state index in [1.165, 1.54) is 0 Å². The highest BCUT2D eigenvalue weighted by Crippen LogP contribution is 2.41. The van der Waals surface area contributed by atoms with E-state index < -0.39 is 8.32 Å². The summed E-state index contributed by atoms with van der Waals surface area (Å²) in [5.74, 6) is 0.146. The van der Waals surface area contributed by atoms with Crippen LogP contribution in [-0.2, 0) is 9.22 Å². The van der Waals surface area contributed by atoms with Gasteiger partial charge in [-0.25, -0.2) is 0 Å². The Labute approximate surface area is 113 Å². The molecule has 4 heteroatoms. The summed E-state index contributed by atoms with van der Waals surface area (Å²) in [5, 5.41) is 3.18. The Kier molecular flexibility index (Phi) is 4.05. The second-order valence-corrected chi connectivity index (χ2v) is 12.8. The molecule has 0 aromatic rings. The average molecular weight is 271 g/mol. The lowest BCUT2D eigenvalue weighted by Gasteiger charge is -2.48. The number of carbonyl (C=O) groups excluding carboxylic acids is 1. The number of β-lactam (4-membered cyclic amide) rings is 1. The van der Waals surface area contributed by atoms with Gasteiger partial charge in [0.25, 0.3) is 0 Å². The van der Waals surface area contributed by atoms with E-state index in [4.69, 9.17) is 4.43 Å². The minimum atomic E-state index is -1.80. The van der Waals surface area contributed by atoms with E-state index in [-0.39, 0.29) is 28.5 Å². The van der Waals surface area contributed by atoms with Gasteiger partial charge in [-0.2, -0.15) is 0 Å². The Bertz CT molecular complexity index is 318. The number of hydrogen-bond acceptors (Lipinski definition) is 2. The number of rotatable bonds is 3. The van der Waals surface area contributed by atoms with Gasteiger partial charge in [0.05, 0.1) is 12.1 Å². The lowest BCUT2D eigenvalue weighted by atomic mass is 9.81. The molecule has 106 valence electrons. The maximum absolute atomic E-state index is 11.1. The lowest BCUT2D eigenvalue weighted by molar-refractivity contribution is -0.132. The van der Waals surface area contributed by atoms with Gasteiger partial charge in [0.15, 0.2) is 8.32 Å².